The van der Waals surface area contributed by atoms with Gasteiger partial charge in [0.15, 0.2) is 0 Å². The molecule has 0 fully saturated rings. The number of nitrogens with zero attached hydrogens (tertiary/aromatic N) is 2. The molecular formula is C13H22BrN3O2. The third-order valence-corrected chi connectivity index (χ3v) is 3.45. The van der Waals surface area contributed by atoms with Crippen molar-refractivity contribution in [2.75, 3.05) is 25.1 Å². The summed E-state index contributed by atoms with van der Waals surface area (Å²) in [6.45, 7) is 8.85. The van der Waals surface area contributed by atoms with Crippen LogP contribution < -0.4 is 10.9 Å². The smallest absolute Gasteiger partial charge is 0.283 e. The molecule has 0 amide bonds. The Hall–Kier alpha value is -0.880. The Morgan fingerprint density at radius 3 is 2.84 bits per heavy atom. The molecule has 19 heavy (non-hydrogen) atoms. The van der Waals surface area contributed by atoms with E-state index in [9.17, 15) is 4.79 Å². The van der Waals surface area contributed by atoms with E-state index in [4.69, 9.17) is 4.74 Å². The Morgan fingerprint density at radius 1 is 1.47 bits per heavy atom. The van der Waals surface area contributed by atoms with Gasteiger partial charge in [-0.15, -0.1) is 0 Å². The first kappa shape index (κ1) is 16.2. The molecule has 0 saturated carbocycles. The summed E-state index contributed by atoms with van der Waals surface area (Å²) < 4.78 is 7.43. The molecule has 0 aliphatic rings. The number of nitrogens with one attached hydrogen (secondary N) is 1. The molecule has 1 N–H and O–H groups in total. The van der Waals surface area contributed by atoms with Gasteiger partial charge in [0.05, 0.1) is 18.5 Å². The van der Waals surface area contributed by atoms with Crippen LogP contribution in [0.1, 0.15) is 27.2 Å². The van der Waals surface area contributed by atoms with Gasteiger partial charge in [-0.05, 0) is 35.2 Å². The fraction of sp³-hybridized carbons (Fsp3) is 0.692. The third kappa shape index (κ3) is 5.32. The van der Waals surface area contributed by atoms with Crippen molar-refractivity contribution in [3.8, 4) is 0 Å². The van der Waals surface area contributed by atoms with Crippen molar-refractivity contribution in [2.45, 2.75) is 33.7 Å². The highest BCUT2D eigenvalue weighted by Crippen LogP contribution is 2.15. The van der Waals surface area contributed by atoms with Gasteiger partial charge < -0.3 is 10.1 Å². The number of halogens is 1. The lowest BCUT2D eigenvalue weighted by Gasteiger charge is -2.10. The van der Waals surface area contributed by atoms with E-state index in [1.165, 1.54) is 4.68 Å². The zero-order valence-corrected chi connectivity index (χ0v) is 13.4. The van der Waals surface area contributed by atoms with Crippen molar-refractivity contribution in [3.05, 3.63) is 21.0 Å². The third-order valence-electron chi connectivity index (χ3n) is 2.69. The molecule has 6 heteroatoms. The molecule has 5 nitrogen and oxygen atoms in total. The predicted octanol–water partition coefficient (Wildman–Crippen LogP) is 2.50. The average molecular weight is 332 g/mol. The van der Waals surface area contributed by atoms with E-state index in [1.54, 1.807) is 6.20 Å². The number of aromatic nitrogens is 2. The number of hydrogen-bond acceptors (Lipinski definition) is 4. The first-order valence-corrected chi connectivity index (χ1v) is 7.42. The van der Waals surface area contributed by atoms with E-state index in [-0.39, 0.29) is 5.56 Å². The molecule has 108 valence electrons. The van der Waals surface area contributed by atoms with Gasteiger partial charge in [-0.2, -0.15) is 5.10 Å². The Bertz CT molecular complexity index is 446. The second kappa shape index (κ2) is 8.32. The normalized spacial score (nSPS) is 11.0. The molecule has 0 unspecified atom stereocenters. The second-order valence-corrected chi connectivity index (χ2v) is 5.51. The van der Waals surface area contributed by atoms with Crippen molar-refractivity contribution in [3.63, 3.8) is 0 Å². The molecule has 1 aromatic heterocycles. The Balaban J connectivity index is 2.38. The van der Waals surface area contributed by atoms with Crippen molar-refractivity contribution in [1.29, 1.82) is 0 Å². The van der Waals surface area contributed by atoms with Gasteiger partial charge in [0.1, 0.15) is 4.47 Å². The molecule has 0 aliphatic heterocycles. The van der Waals surface area contributed by atoms with Crippen molar-refractivity contribution in [2.24, 2.45) is 5.92 Å². The molecule has 0 saturated heterocycles. The van der Waals surface area contributed by atoms with E-state index in [0.717, 1.165) is 13.0 Å². The molecular weight excluding hydrogens is 310 g/mol. The fourth-order valence-corrected chi connectivity index (χ4v) is 1.94. The molecule has 0 aliphatic carbocycles. The summed E-state index contributed by atoms with van der Waals surface area (Å²) >= 11 is 3.30. The zero-order valence-electron chi connectivity index (χ0n) is 11.8. The van der Waals surface area contributed by atoms with Gasteiger partial charge in [0.2, 0.25) is 0 Å². The van der Waals surface area contributed by atoms with Crippen molar-refractivity contribution in [1.82, 2.24) is 9.78 Å². The molecule has 1 aromatic rings. The Labute approximate surface area is 122 Å². The molecule has 0 radical (unpaired) electrons. The van der Waals surface area contributed by atoms with Crippen molar-refractivity contribution < 1.29 is 4.74 Å². The standard InChI is InChI=1S/C13H22BrN3O2/c1-4-17-13(18)12(14)11(9-16-17)15-6-8-19-7-5-10(2)3/h9-10,15H,4-8H2,1-3H3. The zero-order chi connectivity index (χ0) is 14.3. The summed E-state index contributed by atoms with van der Waals surface area (Å²) in [5.74, 6) is 0.660. The lowest BCUT2D eigenvalue weighted by molar-refractivity contribution is 0.132. The van der Waals surface area contributed by atoms with Crippen LogP contribution in [0.15, 0.2) is 15.5 Å². The summed E-state index contributed by atoms with van der Waals surface area (Å²) in [5.41, 5.74) is 0.593. The Kier molecular flexibility index (Phi) is 7.09. The highest BCUT2D eigenvalue weighted by Gasteiger charge is 2.07. The minimum Gasteiger partial charge on any atom is -0.380 e. The number of aryl methyl sites for hydroxylation is 1. The first-order chi connectivity index (χ1) is 9.06. The maximum absolute atomic E-state index is 11.8. The fourth-order valence-electron chi connectivity index (χ4n) is 1.49. The van der Waals surface area contributed by atoms with Crippen LogP contribution in [0.3, 0.4) is 0 Å². The van der Waals surface area contributed by atoms with Crippen LogP contribution in [0.5, 0.6) is 0 Å². The highest BCUT2D eigenvalue weighted by atomic mass is 79.9. The van der Waals surface area contributed by atoms with Crippen LogP contribution in [0, 0.1) is 5.92 Å². The van der Waals surface area contributed by atoms with Crippen molar-refractivity contribution >= 4 is 21.6 Å². The Morgan fingerprint density at radius 2 is 2.21 bits per heavy atom. The predicted molar refractivity (Wildman–Crippen MR) is 80.6 cm³/mol. The molecule has 0 atom stereocenters. The van der Waals surface area contributed by atoms with E-state index in [2.05, 4.69) is 40.2 Å². The topological polar surface area (TPSA) is 56.1 Å². The summed E-state index contributed by atoms with van der Waals surface area (Å²) in [4.78, 5) is 11.8. The van der Waals surface area contributed by atoms with Crippen LogP contribution in [0.4, 0.5) is 5.69 Å². The average Bonchev–Trinajstić information content (AvgIpc) is 2.38. The number of hydrogen-bond donors (Lipinski definition) is 1. The monoisotopic (exact) mass is 331 g/mol. The van der Waals surface area contributed by atoms with Gasteiger partial charge in [-0.1, -0.05) is 13.8 Å². The number of ether oxygens (including phenoxy) is 1. The second-order valence-electron chi connectivity index (χ2n) is 4.71. The maximum Gasteiger partial charge on any atom is 0.283 e. The van der Waals surface area contributed by atoms with Gasteiger partial charge >= 0.3 is 0 Å². The lowest BCUT2D eigenvalue weighted by atomic mass is 10.1. The number of rotatable bonds is 8. The van der Waals surface area contributed by atoms with E-state index in [1.807, 2.05) is 6.92 Å². The van der Waals surface area contributed by atoms with E-state index >= 15 is 0 Å². The highest BCUT2D eigenvalue weighted by molar-refractivity contribution is 9.10. The van der Waals surface area contributed by atoms with E-state index < -0.39 is 0 Å². The summed E-state index contributed by atoms with van der Waals surface area (Å²) in [7, 11) is 0. The van der Waals surface area contributed by atoms with Gasteiger partial charge in [-0.3, -0.25) is 4.79 Å². The summed E-state index contributed by atoms with van der Waals surface area (Å²) in [5, 5.41) is 7.21. The van der Waals surface area contributed by atoms with Crippen LogP contribution in [0.25, 0.3) is 0 Å². The maximum atomic E-state index is 11.8. The van der Waals surface area contributed by atoms with Gasteiger partial charge in [-0.25, -0.2) is 4.68 Å². The molecule has 0 bridgehead atoms. The molecule has 1 rings (SSSR count). The molecule has 0 spiro atoms. The van der Waals surface area contributed by atoms with Gasteiger partial charge in [0, 0.05) is 19.7 Å². The van der Waals surface area contributed by atoms with Crippen LogP contribution in [-0.4, -0.2) is 29.5 Å². The largest absolute Gasteiger partial charge is 0.380 e. The molecule has 0 aromatic carbocycles. The minimum absolute atomic E-state index is 0.117. The first-order valence-electron chi connectivity index (χ1n) is 6.63. The van der Waals surface area contributed by atoms with E-state index in [0.29, 0.717) is 35.8 Å². The van der Waals surface area contributed by atoms with Crippen LogP contribution in [0.2, 0.25) is 0 Å². The SMILES string of the molecule is CCn1ncc(NCCOCCC(C)C)c(Br)c1=O. The van der Waals surface area contributed by atoms with Crippen LogP contribution in [-0.2, 0) is 11.3 Å². The molecule has 1 heterocycles. The minimum atomic E-state index is -0.117. The lowest BCUT2D eigenvalue weighted by Crippen LogP contribution is -2.24. The number of anilines is 1. The summed E-state index contributed by atoms with van der Waals surface area (Å²) in [6, 6.07) is 0. The van der Waals surface area contributed by atoms with Gasteiger partial charge in [0.25, 0.3) is 5.56 Å². The quantitative estimate of drug-likeness (QED) is 0.743. The van der Waals surface area contributed by atoms with Crippen LogP contribution >= 0.6 is 15.9 Å². The summed E-state index contributed by atoms with van der Waals surface area (Å²) in [6.07, 6.45) is 2.72.